The highest BCUT2D eigenvalue weighted by Crippen LogP contribution is 2.16. The average Bonchev–Trinajstić information content (AvgIpc) is 2.75. The number of aliphatic hydroxyl groups is 3. The number of esters is 1. The zero-order valence-corrected chi connectivity index (χ0v) is 21.0. The van der Waals surface area contributed by atoms with E-state index in [-0.39, 0.29) is 13.0 Å². The van der Waals surface area contributed by atoms with Gasteiger partial charge < -0.3 is 20.1 Å². The van der Waals surface area contributed by atoms with Gasteiger partial charge in [-0.2, -0.15) is 0 Å². The molecule has 0 rings (SSSR count). The van der Waals surface area contributed by atoms with E-state index >= 15 is 0 Å². The first-order chi connectivity index (χ1) is 15.2. The van der Waals surface area contributed by atoms with E-state index in [9.17, 15) is 20.1 Å². The summed E-state index contributed by atoms with van der Waals surface area (Å²) in [5.74, 6) is -0.395. The van der Waals surface area contributed by atoms with Crippen LogP contribution in [-0.2, 0) is 9.53 Å². The molecule has 0 aliphatic carbocycles. The van der Waals surface area contributed by atoms with Crippen LogP contribution in [-0.4, -0.2) is 47.7 Å². The normalized spacial score (nSPS) is 13.3. The maximum Gasteiger partial charge on any atom is 0.306 e. The molecule has 0 spiro atoms. The van der Waals surface area contributed by atoms with Crippen molar-refractivity contribution in [3.8, 4) is 0 Å². The molecule has 0 aromatic carbocycles. The second-order valence-electron chi connectivity index (χ2n) is 9.22. The molecular formula is C27H46O5. The summed E-state index contributed by atoms with van der Waals surface area (Å²) >= 11 is 0. The Morgan fingerprint density at radius 1 is 0.656 bits per heavy atom. The molecule has 0 aromatic rings. The van der Waals surface area contributed by atoms with E-state index in [0.717, 1.165) is 38.5 Å². The first kappa shape index (κ1) is 30.3. The molecular weight excluding hydrogens is 404 g/mol. The molecule has 0 aromatic heterocycles. The van der Waals surface area contributed by atoms with Crippen molar-refractivity contribution in [3.05, 3.63) is 46.6 Å². The van der Waals surface area contributed by atoms with Crippen LogP contribution in [0.1, 0.15) is 86.0 Å². The molecule has 0 unspecified atom stereocenters. The van der Waals surface area contributed by atoms with E-state index in [2.05, 4.69) is 58.9 Å². The zero-order valence-electron chi connectivity index (χ0n) is 21.0. The number of ether oxygens (including phenoxy) is 1. The lowest BCUT2D eigenvalue weighted by molar-refractivity contribution is -0.151. The molecule has 0 amide bonds. The molecule has 32 heavy (non-hydrogen) atoms. The quantitative estimate of drug-likeness (QED) is 0.203. The lowest BCUT2D eigenvalue weighted by atomic mass is 9.93. The summed E-state index contributed by atoms with van der Waals surface area (Å²) in [6.07, 6.45) is 16.2. The fourth-order valence-corrected chi connectivity index (χ4v) is 3.02. The molecule has 0 saturated heterocycles. The summed E-state index contributed by atoms with van der Waals surface area (Å²) in [6.45, 7) is 9.24. The van der Waals surface area contributed by atoms with E-state index in [1.807, 2.05) is 0 Å². The summed E-state index contributed by atoms with van der Waals surface area (Å²) in [5, 5.41) is 27.7. The zero-order chi connectivity index (χ0) is 24.4. The molecule has 0 radical (unpaired) electrons. The lowest BCUT2D eigenvalue weighted by Crippen LogP contribution is -2.39. The summed E-state index contributed by atoms with van der Waals surface area (Å²) in [6, 6.07) is 0. The van der Waals surface area contributed by atoms with Gasteiger partial charge in [-0.25, -0.2) is 0 Å². The summed E-state index contributed by atoms with van der Waals surface area (Å²) in [5.41, 5.74) is 4.32. The smallest absolute Gasteiger partial charge is 0.306 e. The minimum Gasteiger partial charge on any atom is -0.465 e. The van der Waals surface area contributed by atoms with Crippen molar-refractivity contribution in [2.24, 2.45) is 5.41 Å². The van der Waals surface area contributed by atoms with Gasteiger partial charge in [0.1, 0.15) is 6.61 Å². The van der Waals surface area contributed by atoms with Gasteiger partial charge >= 0.3 is 5.97 Å². The van der Waals surface area contributed by atoms with Crippen LogP contribution < -0.4 is 0 Å². The van der Waals surface area contributed by atoms with E-state index < -0.39 is 31.2 Å². The van der Waals surface area contributed by atoms with Crippen molar-refractivity contribution in [2.75, 3.05) is 26.4 Å². The van der Waals surface area contributed by atoms with Crippen LogP contribution in [0, 0.1) is 5.41 Å². The van der Waals surface area contributed by atoms with Crippen LogP contribution in [0.2, 0.25) is 0 Å². The molecule has 0 fully saturated rings. The van der Waals surface area contributed by atoms with Crippen LogP contribution in [0.4, 0.5) is 0 Å². The van der Waals surface area contributed by atoms with Crippen molar-refractivity contribution in [1.82, 2.24) is 0 Å². The largest absolute Gasteiger partial charge is 0.465 e. The summed E-state index contributed by atoms with van der Waals surface area (Å²) in [4.78, 5) is 11.8. The Morgan fingerprint density at radius 2 is 1.03 bits per heavy atom. The molecule has 5 nitrogen and oxygen atoms in total. The number of allylic oxidation sites excluding steroid dienone is 8. The lowest BCUT2D eigenvalue weighted by Gasteiger charge is -2.26. The third kappa shape index (κ3) is 15.2. The van der Waals surface area contributed by atoms with Gasteiger partial charge in [0.2, 0.25) is 0 Å². The minimum absolute atomic E-state index is 0.188. The Hall–Kier alpha value is -1.69. The summed E-state index contributed by atoms with van der Waals surface area (Å²) < 4.78 is 5.10. The first-order valence-electron chi connectivity index (χ1n) is 11.8. The number of aliphatic hydroxyl groups excluding tert-OH is 3. The molecule has 5 heteroatoms. The van der Waals surface area contributed by atoms with Gasteiger partial charge in [-0.1, -0.05) is 46.6 Å². The van der Waals surface area contributed by atoms with Crippen molar-refractivity contribution in [1.29, 1.82) is 0 Å². The van der Waals surface area contributed by atoms with Crippen LogP contribution in [0.25, 0.3) is 0 Å². The standard InChI is InChI=1S/C27H46O5/c1-22(2)10-6-11-23(3)12-7-13-24(4)14-8-15-25(5)16-9-17-26(31)32-21-27(18-28,19-29)20-30/h10,12,14,16,28-30H,6-9,11,13,15,17-21H2,1-5H3. The van der Waals surface area contributed by atoms with Crippen LogP contribution in [0.3, 0.4) is 0 Å². The Labute approximate surface area is 195 Å². The Morgan fingerprint density at radius 3 is 1.41 bits per heavy atom. The van der Waals surface area contributed by atoms with Gasteiger partial charge in [0.15, 0.2) is 0 Å². The first-order valence-corrected chi connectivity index (χ1v) is 11.8. The number of hydrogen-bond donors (Lipinski definition) is 3. The van der Waals surface area contributed by atoms with Gasteiger partial charge in [0, 0.05) is 6.42 Å². The van der Waals surface area contributed by atoms with Crippen LogP contribution in [0.15, 0.2) is 46.6 Å². The Kier molecular flexibility index (Phi) is 16.9. The van der Waals surface area contributed by atoms with Crippen molar-refractivity contribution in [3.63, 3.8) is 0 Å². The van der Waals surface area contributed by atoms with Gasteiger partial charge in [-0.15, -0.1) is 0 Å². The van der Waals surface area contributed by atoms with Gasteiger partial charge in [0.05, 0.1) is 25.2 Å². The third-order valence-electron chi connectivity index (χ3n) is 5.54. The highest BCUT2D eigenvalue weighted by molar-refractivity contribution is 5.69. The molecule has 0 saturated carbocycles. The number of carbonyl (C=O) groups excluding carboxylic acids is 1. The SMILES string of the molecule is CC(C)=CCCC(C)=CCCC(C)=CCCC(C)=CCCC(=O)OCC(CO)(CO)CO. The van der Waals surface area contributed by atoms with Gasteiger partial charge in [-0.3, -0.25) is 4.79 Å². The second-order valence-corrected chi connectivity index (χ2v) is 9.22. The molecule has 184 valence electrons. The Bertz CT molecular complexity index is 639. The van der Waals surface area contributed by atoms with Gasteiger partial charge in [-0.05, 0) is 79.6 Å². The van der Waals surface area contributed by atoms with E-state index in [4.69, 9.17) is 4.74 Å². The molecule has 0 atom stereocenters. The van der Waals surface area contributed by atoms with E-state index in [0.29, 0.717) is 6.42 Å². The maximum absolute atomic E-state index is 11.8. The minimum atomic E-state index is -1.17. The van der Waals surface area contributed by atoms with Crippen LogP contribution >= 0.6 is 0 Å². The van der Waals surface area contributed by atoms with Gasteiger partial charge in [0.25, 0.3) is 0 Å². The van der Waals surface area contributed by atoms with Crippen molar-refractivity contribution < 1.29 is 24.9 Å². The molecule has 0 heterocycles. The second kappa shape index (κ2) is 17.8. The van der Waals surface area contributed by atoms with Crippen LogP contribution in [0.5, 0.6) is 0 Å². The highest BCUT2D eigenvalue weighted by atomic mass is 16.5. The molecule has 3 N–H and O–H groups in total. The van der Waals surface area contributed by atoms with E-state index in [1.165, 1.54) is 22.3 Å². The number of carbonyl (C=O) groups is 1. The number of hydrogen-bond acceptors (Lipinski definition) is 5. The molecule has 0 aliphatic rings. The molecule has 0 bridgehead atoms. The van der Waals surface area contributed by atoms with E-state index in [1.54, 1.807) is 0 Å². The highest BCUT2D eigenvalue weighted by Gasteiger charge is 2.29. The fraction of sp³-hybridized carbons (Fsp3) is 0.667. The third-order valence-corrected chi connectivity index (χ3v) is 5.54. The predicted octanol–water partition coefficient (Wildman–Crippen LogP) is 5.42. The monoisotopic (exact) mass is 450 g/mol. The predicted molar refractivity (Wildman–Crippen MR) is 132 cm³/mol. The van der Waals surface area contributed by atoms with Crippen molar-refractivity contribution >= 4 is 5.97 Å². The maximum atomic E-state index is 11.8. The fourth-order valence-electron chi connectivity index (χ4n) is 3.02. The topological polar surface area (TPSA) is 87.0 Å². The van der Waals surface area contributed by atoms with Crippen molar-refractivity contribution in [2.45, 2.75) is 86.0 Å². The molecule has 0 aliphatic heterocycles. The number of rotatable bonds is 17. The average molecular weight is 451 g/mol. The Balaban J connectivity index is 4.15. The summed E-state index contributed by atoms with van der Waals surface area (Å²) in [7, 11) is 0.